The maximum absolute atomic E-state index is 2.54. The van der Waals surface area contributed by atoms with Crippen molar-refractivity contribution in [2.24, 2.45) is 0 Å². The minimum absolute atomic E-state index is 0.00308. The summed E-state index contributed by atoms with van der Waals surface area (Å²) in [5.41, 5.74) is 10.1. The Morgan fingerprint density at radius 2 is 1.40 bits per heavy atom. The van der Waals surface area contributed by atoms with Gasteiger partial charge in [0.25, 0.3) is 0 Å². The molecular formula is C29H37N. The van der Waals surface area contributed by atoms with Crippen LogP contribution in [0.15, 0.2) is 54.6 Å². The topological polar surface area (TPSA) is 4.93 Å². The molecule has 3 aromatic rings. The first-order chi connectivity index (χ1) is 14.0. The monoisotopic (exact) mass is 399 g/mol. The molecule has 0 bridgehead atoms. The number of benzene rings is 2. The van der Waals surface area contributed by atoms with Crippen molar-refractivity contribution in [3.63, 3.8) is 0 Å². The van der Waals surface area contributed by atoms with Crippen LogP contribution in [0, 0.1) is 0 Å². The first kappa shape index (κ1) is 21.0. The second kappa shape index (κ2) is 6.87. The van der Waals surface area contributed by atoms with E-state index in [1.807, 2.05) is 0 Å². The fourth-order valence-corrected chi connectivity index (χ4v) is 4.81. The lowest BCUT2D eigenvalue weighted by Gasteiger charge is -2.29. The lowest BCUT2D eigenvalue weighted by Crippen LogP contribution is -2.21. The van der Waals surface area contributed by atoms with E-state index in [-0.39, 0.29) is 16.2 Å². The van der Waals surface area contributed by atoms with Crippen LogP contribution < -0.4 is 0 Å². The van der Waals surface area contributed by atoms with Crippen molar-refractivity contribution in [3.8, 4) is 16.9 Å². The van der Waals surface area contributed by atoms with Crippen LogP contribution in [0.1, 0.15) is 90.6 Å². The summed E-state index contributed by atoms with van der Waals surface area (Å²) < 4.78 is 2.54. The van der Waals surface area contributed by atoms with Gasteiger partial charge in [-0.25, -0.2) is 0 Å². The van der Waals surface area contributed by atoms with Crippen molar-refractivity contribution in [3.05, 3.63) is 77.0 Å². The van der Waals surface area contributed by atoms with E-state index < -0.39 is 0 Å². The summed E-state index contributed by atoms with van der Waals surface area (Å²) in [6, 6.07) is 20.6. The van der Waals surface area contributed by atoms with Crippen LogP contribution in [0.5, 0.6) is 0 Å². The number of hydrogen-bond donors (Lipinski definition) is 0. The smallest absolute Gasteiger partial charge is 0.0575 e. The van der Waals surface area contributed by atoms with Crippen molar-refractivity contribution in [1.82, 2.24) is 4.57 Å². The largest absolute Gasteiger partial charge is 0.313 e. The summed E-state index contributed by atoms with van der Waals surface area (Å²) in [5.74, 6) is 0. The third-order valence-corrected chi connectivity index (χ3v) is 7.88. The predicted molar refractivity (Wildman–Crippen MR) is 130 cm³/mol. The summed E-state index contributed by atoms with van der Waals surface area (Å²) in [4.78, 5) is 0. The van der Waals surface area contributed by atoms with Gasteiger partial charge in [0.1, 0.15) is 0 Å². The van der Waals surface area contributed by atoms with Crippen LogP contribution in [0.3, 0.4) is 0 Å². The van der Waals surface area contributed by atoms with E-state index in [9.17, 15) is 0 Å². The number of rotatable bonds is 5. The molecule has 0 atom stereocenters. The lowest BCUT2D eigenvalue weighted by molar-refractivity contribution is 0.482. The number of aromatic nitrogens is 1. The van der Waals surface area contributed by atoms with Crippen LogP contribution in [0.25, 0.3) is 16.9 Å². The Bertz CT molecular complexity index is 1080. The van der Waals surface area contributed by atoms with Gasteiger partial charge in [0.2, 0.25) is 0 Å². The maximum Gasteiger partial charge on any atom is 0.0575 e. The van der Waals surface area contributed by atoms with Gasteiger partial charge < -0.3 is 4.57 Å². The molecule has 0 saturated carbocycles. The number of nitrogens with zero attached hydrogens (tertiary/aromatic N) is 1. The van der Waals surface area contributed by atoms with Crippen LogP contribution in [-0.2, 0) is 16.2 Å². The van der Waals surface area contributed by atoms with E-state index in [0.717, 1.165) is 12.8 Å². The van der Waals surface area contributed by atoms with E-state index in [2.05, 4.69) is 115 Å². The molecule has 1 aliphatic rings. The van der Waals surface area contributed by atoms with Crippen LogP contribution >= 0.6 is 0 Å². The Hall–Kier alpha value is -2.28. The molecule has 158 valence electrons. The molecular weight excluding hydrogens is 362 g/mol. The highest BCUT2D eigenvalue weighted by Gasteiger charge is 2.41. The fraction of sp³-hybridized carbons (Fsp3) is 0.448. The summed E-state index contributed by atoms with van der Waals surface area (Å²) in [6.45, 7) is 18.8. The summed E-state index contributed by atoms with van der Waals surface area (Å²) in [7, 11) is 0. The molecule has 0 radical (unpaired) electrons. The molecule has 0 unspecified atom stereocenters. The molecule has 1 nitrogen and oxygen atoms in total. The van der Waals surface area contributed by atoms with Gasteiger partial charge >= 0.3 is 0 Å². The Morgan fingerprint density at radius 1 is 0.767 bits per heavy atom. The fourth-order valence-electron chi connectivity index (χ4n) is 4.81. The molecule has 1 aromatic heterocycles. The van der Waals surface area contributed by atoms with Gasteiger partial charge in [-0.2, -0.15) is 0 Å². The lowest BCUT2D eigenvalue weighted by atomic mass is 9.77. The first-order valence-electron chi connectivity index (χ1n) is 11.5. The average molecular weight is 400 g/mol. The normalized spacial score (nSPS) is 15.2. The SMILES string of the molecule is CCC(C)(C)c1ccc2c(c1)C(C)(C)c1cc(C(C)(C)CC)n(-c3ccccc3)c1-2. The van der Waals surface area contributed by atoms with Gasteiger partial charge in [-0.05, 0) is 53.1 Å². The Morgan fingerprint density at radius 3 is 2.00 bits per heavy atom. The zero-order chi connectivity index (χ0) is 21.9. The van der Waals surface area contributed by atoms with E-state index in [4.69, 9.17) is 0 Å². The number of fused-ring (bicyclic) bond motifs is 3. The highest BCUT2D eigenvalue weighted by Crippen LogP contribution is 2.53. The highest BCUT2D eigenvalue weighted by molar-refractivity contribution is 5.81. The van der Waals surface area contributed by atoms with E-state index in [0.29, 0.717) is 0 Å². The zero-order valence-electron chi connectivity index (χ0n) is 20.1. The number of hydrogen-bond acceptors (Lipinski definition) is 0. The summed E-state index contributed by atoms with van der Waals surface area (Å²) >= 11 is 0. The van der Waals surface area contributed by atoms with Gasteiger partial charge in [0, 0.05) is 27.8 Å². The molecule has 0 spiro atoms. The quantitative estimate of drug-likeness (QED) is 0.408. The third kappa shape index (κ3) is 2.97. The van der Waals surface area contributed by atoms with Crippen molar-refractivity contribution in [2.45, 2.75) is 84.5 Å². The van der Waals surface area contributed by atoms with Gasteiger partial charge in [-0.3, -0.25) is 0 Å². The summed E-state index contributed by atoms with van der Waals surface area (Å²) in [5, 5.41) is 0. The molecule has 1 heteroatoms. The van der Waals surface area contributed by atoms with Gasteiger partial charge in [0.05, 0.1) is 5.69 Å². The molecule has 0 N–H and O–H groups in total. The second-order valence-electron chi connectivity index (χ2n) is 10.8. The minimum atomic E-state index is 0.00308. The molecule has 0 saturated heterocycles. The molecule has 0 amide bonds. The van der Waals surface area contributed by atoms with E-state index in [1.165, 1.54) is 39.3 Å². The number of para-hydroxylation sites is 1. The minimum Gasteiger partial charge on any atom is -0.313 e. The molecule has 1 aliphatic carbocycles. The standard InChI is InChI=1S/C29H37N/c1-9-27(3,4)20-16-17-22-23(18-20)29(7,8)24-19-25(28(5,6)10-2)30(26(22)24)21-14-12-11-13-15-21/h11-19H,9-10H2,1-8H3. The van der Waals surface area contributed by atoms with Crippen molar-refractivity contribution in [1.29, 1.82) is 0 Å². The molecule has 0 fully saturated rings. The maximum atomic E-state index is 2.54. The molecule has 4 rings (SSSR count). The summed E-state index contributed by atoms with van der Waals surface area (Å²) in [6.07, 6.45) is 2.25. The molecule has 0 aliphatic heterocycles. The van der Waals surface area contributed by atoms with Crippen molar-refractivity contribution in [2.75, 3.05) is 0 Å². The zero-order valence-corrected chi connectivity index (χ0v) is 20.1. The first-order valence-corrected chi connectivity index (χ1v) is 11.5. The average Bonchev–Trinajstić information content (AvgIpc) is 3.24. The van der Waals surface area contributed by atoms with Crippen LogP contribution in [0.2, 0.25) is 0 Å². The van der Waals surface area contributed by atoms with Gasteiger partial charge in [-0.15, -0.1) is 0 Å². The Balaban J connectivity index is 2.04. The second-order valence-corrected chi connectivity index (χ2v) is 10.8. The van der Waals surface area contributed by atoms with E-state index >= 15 is 0 Å². The van der Waals surface area contributed by atoms with Gasteiger partial charge in [-0.1, -0.05) is 91.8 Å². The molecule has 2 aromatic carbocycles. The Kier molecular flexibility index (Phi) is 4.80. The van der Waals surface area contributed by atoms with E-state index in [1.54, 1.807) is 0 Å². The molecule has 30 heavy (non-hydrogen) atoms. The predicted octanol–water partition coefficient (Wildman–Crippen LogP) is 8.16. The van der Waals surface area contributed by atoms with Gasteiger partial charge in [0.15, 0.2) is 0 Å². The highest BCUT2D eigenvalue weighted by atomic mass is 15.0. The third-order valence-electron chi connectivity index (χ3n) is 7.88. The van der Waals surface area contributed by atoms with Crippen molar-refractivity contribution < 1.29 is 0 Å². The van der Waals surface area contributed by atoms with Crippen LogP contribution in [-0.4, -0.2) is 4.57 Å². The van der Waals surface area contributed by atoms with Crippen molar-refractivity contribution >= 4 is 0 Å². The Labute approximate surface area is 183 Å². The van der Waals surface area contributed by atoms with Crippen LogP contribution in [0.4, 0.5) is 0 Å². The molecule has 1 heterocycles.